The van der Waals surface area contributed by atoms with E-state index >= 15 is 0 Å². The summed E-state index contributed by atoms with van der Waals surface area (Å²) in [6.45, 7) is 7.45. The molecule has 147 valence electrons. The van der Waals surface area contributed by atoms with E-state index < -0.39 is 0 Å². The van der Waals surface area contributed by atoms with Gasteiger partial charge in [0.15, 0.2) is 5.78 Å². The molecule has 2 nitrogen and oxygen atoms in total. The van der Waals surface area contributed by atoms with E-state index in [1.807, 2.05) is 19.9 Å². The molecule has 1 fully saturated rings. The number of nitrogens with zero attached hydrogens (tertiary/aromatic N) is 1. The number of hydrogen-bond donors (Lipinski definition) is 0. The van der Waals surface area contributed by atoms with Crippen LogP contribution in [0, 0.1) is 19.7 Å². The Morgan fingerprint density at radius 3 is 2.11 bits per heavy atom. The zero-order valence-corrected chi connectivity index (χ0v) is 20.1. The summed E-state index contributed by atoms with van der Waals surface area (Å²) in [5, 5.41) is 0. The largest absolute Gasteiger partial charge is 0.314 e. The van der Waals surface area contributed by atoms with E-state index in [4.69, 9.17) is 0 Å². The van der Waals surface area contributed by atoms with E-state index in [1.165, 1.54) is 43.4 Å². The average molecular weight is 457 g/mol. The Labute approximate surface area is 194 Å². The Hall–Kier alpha value is -0.896. The van der Waals surface area contributed by atoms with Crippen LogP contribution >= 0.6 is 0 Å². The van der Waals surface area contributed by atoms with E-state index in [9.17, 15) is 9.18 Å². The molecule has 0 N–H and O–H groups in total. The first-order valence-corrected chi connectivity index (χ1v) is 10.1. The van der Waals surface area contributed by atoms with Crippen LogP contribution in [-0.4, -0.2) is 29.9 Å². The minimum atomic E-state index is -0.221. The van der Waals surface area contributed by atoms with Gasteiger partial charge in [0.25, 0.3) is 0 Å². The molecular formula is C24H31FNOY+. The molecule has 1 radical (unpaired) electrons. The van der Waals surface area contributed by atoms with Gasteiger partial charge in [-0.15, -0.1) is 0 Å². The van der Waals surface area contributed by atoms with Crippen LogP contribution in [0.15, 0.2) is 42.5 Å². The molecule has 1 heterocycles. The minimum Gasteiger partial charge on any atom is -0.314 e. The van der Waals surface area contributed by atoms with Gasteiger partial charge in [0.05, 0.1) is 13.1 Å². The van der Waals surface area contributed by atoms with Gasteiger partial charge in [-0.05, 0) is 68.4 Å². The van der Waals surface area contributed by atoms with Crippen LogP contribution in [-0.2, 0) is 50.5 Å². The molecule has 2 aromatic carbocycles. The number of rotatable bonds is 6. The molecule has 4 heteroatoms. The predicted octanol–water partition coefficient (Wildman–Crippen LogP) is 5.14. The predicted molar refractivity (Wildman–Crippen MR) is 108 cm³/mol. The summed E-state index contributed by atoms with van der Waals surface area (Å²) in [6.07, 6.45) is 5.31. The first-order chi connectivity index (χ1) is 13.0. The van der Waals surface area contributed by atoms with Crippen molar-refractivity contribution in [3.05, 3.63) is 70.5 Å². The Morgan fingerprint density at radius 1 is 0.964 bits per heavy atom. The van der Waals surface area contributed by atoms with Gasteiger partial charge in [-0.1, -0.05) is 30.3 Å². The molecule has 28 heavy (non-hydrogen) atoms. The molecule has 0 amide bonds. The maximum absolute atomic E-state index is 13.6. The van der Waals surface area contributed by atoms with Gasteiger partial charge in [-0.2, -0.15) is 0 Å². The van der Waals surface area contributed by atoms with Crippen molar-refractivity contribution in [3.8, 4) is 0 Å². The molecule has 0 bridgehead atoms. The Balaban J connectivity index is 0.00000280. The van der Waals surface area contributed by atoms with Crippen LogP contribution in [0.25, 0.3) is 0 Å². The van der Waals surface area contributed by atoms with Gasteiger partial charge in [0.2, 0.25) is 0 Å². The number of Topliss-reactive ketones (excluding diaryl/α,β-unsaturated/α-hetero) is 1. The summed E-state index contributed by atoms with van der Waals surface area (Å²) in [4.78, 5) is 13.1. The number of halogens is 1. The fourth-order valence-electron chi connectivity index (χ4n) is 4.55. The van der Waals surface area contributed by atoms with Crippen molar-refractivity contribution in [2.45, 2.75) is 52.5 Å². The fourth-order valence-corrected chi connectivity index (χ4v) is 4.55. The van der Waals surface area contributed by atoms with E-state index in [0.29, 0.717) is 13.0 Å². The van der Waals surface area contributed by atoms with Crippen LogP contribution < -0.4 is 0 Å². The number of aryl methyl sites for hydroxylation is 2. The second-order valence-electron chi connectivity index (χ2n) is 8.24. The van der Waals surface area contributed by atoms with Gasteiger partial charge in [0.1, 0.15) is 18.9 Å². The van der Waals surface area contributed by atoms with E-state index in [-0.39, 0.29) is 44.3 Å². The topological polar surface area (TPSA) is 17.1 Å². The number of quaternary nitrogens is 1. The first-order valence-electron chi connectivity index (χ1n) is 10.1. The van der Waals surface area contributed by atoms with Gasteiger partial charge in [-0.3, -0.25) is 4.79 Å². The summed E-state index contributed by atoms with van der Waals surface area (Å²) in [6, 6.07) is 13.6. The Morgan fingerprint density at radius 2 is 1.54 bits per heavy atom. The SMILES string of the molecule is Cc1cc(F)cc(C)c1CC(=O)C[N+]1(Cc2ccccc2)CCCCCC1.[Y]. The van der Waals surface area contributed by atoms with Crippen LogP contribution in [0.5, 0.6) is 0 Å². The van der Waals surface area contributed by atoms with Crippen molar-refractivity contribution in [2.24, 2.45) is 0 Å². The molecule has 3 rings (SSSR count). The average Bonchev–Trinajstić information content (AvgIpc) is 2.84. The fraction of sp³-hybridized carbons (Fsp3) is 0.458. The Bertz CT molecular complexity index is 759. The third kappa shape index (κ3) is 6.30. The number of likely N-dealkylation sites (tertiary alicyclic amines) is 1. The molecule has 1 aliphatic rings. The quantitative estimate of drug-likeness (QED) is 0.549. The minimum absolute atomic E-state index is 0. The maximum Gasteiger partial charge on any atom is 0.191 e. The monoisotopic (exact) mass is 457 g/mol. The van der Waals surface area contributed by atoms with E-state index in [1.54, 1.807) is 0 Å². The van der Waals surface area contributed by atoms with Gasteiger partial charge >= 0.3 is 0 Å². The summed E-state index contributed by atoms with van der Waals surface area (Å²) >= 11 is 0. The van der Waals surface area contributed by atoms with Crippen molar-refractivity contribution in [3.63, 3.8) is 0 Å². The van der Waals surface area contributed by atoms with Gasteiger partial charge < -0.3 is 4.48 Å². The molecule has 0 atom stereocenters. The van der Waals surface area contributed by atoms with Crippen LogP contribution in [0.3, 0.4) is 0 Å². The summed E-state index contributed by atoms with van der Waals surface area (Å²) in [5.74, 6) is 0.0481. The number of benzene rings is 2. The maximum atomic E-state index is 13.6. The first kappa shape index (κ1) is 23.4. The van der Waals surface area contributed by atoms with Crippen molar-refractivity contribution in [2.75, 3.05) is 19.6 Å². The molecule has 0 unspecified atom stereocenters. The molecule has 0 saturated carbocycles. The third-order valence-electron chi connectivity index (χ3n) is 5.92. The molecule has 0 aromatic heterocycles. The van der Waals surface area contributed by atoms with E-state index in [2.05, 4.69) is 24.3 Å². The molecule has 0 aliphatic carbocycles. The summed E-state index contributed by atoms with van der Waals surface area (Å²) in [7, 11) is 0. The summed E-state index contributed by atoms with van der Waals surface area (Å²) in [5.41, 5.74) is 4.06. The summed E-state index contributed by atoms with van der Waals surface area (Å²) < 4.78 is 14.4. The molecule has 0 spiro atoms. The molecule has 1 aliphatic heterocycles. The molecule has 1 saturated heterocycles. The van der Waals surface area contributed by atoms with Gasteiger partial charge in [0, 0.05) is 44.7 Å². The smallest absolute Gasteiger partial charge is 0.191 e. The third-order valence-corrected chi connectivity index (χ3v) is 5.92. The molecule has 2 aromatic rings. The van der Waals surface area contributed by atoms with Crippen LogP contribution in [0.4, 0.5) is 4.39 Å². The number of ketones is 1. The zero-order chi connectivity index (χ0) is 19.3. The van der Waals surface area contributed by atoms with Crippen molar-refractivity contribution >= 4 is 5.78 Å². The second kappa shape index (κ2) is 10.8. The zero-order valence-electron chi connectivity index (χ0n) is 17.2. The number of hydrogen-bond acceptors (Lipinski definition) is 1. The van der Waals surface area contributed by atoms with E-state index in [0.717, 1.165) is 40.8 Å². The van der Waals surface area contributed by atoms with Crippen molar-refractivity contribution < 1.29 is 46.4 Å². The van der Waals surface area contributed by atoms with Gasteiger partial charge in [-0.25, -0.2) is 4.39 Å². The standard InChI is InChI=1S/C24H31FNO.Y/c1-19-14-22(25)15-20(2)24(19)16-23(27)18-26(12-8-3-4-9-13-26)17-21-10-6-5-7-11-21;/h5-7,10-11,14-15H,3-4,8-9,12-13,16-18H2,1-2H3;/q+1;. The Kier molecular flexibility index (Phi) is 8.98. The van der Waals surface area contributed by atoms with Crippen LogP contribution in [0.2, 0.25) is 0 Å². The molecular weight excluding hydrogens is 426 g/mol. The number of carbonyl (C=O) groups excluding carboxylic acids is 1. The number of carbonyl (C=O) groups is 1. The van der Waals surface area contributed by atoms with Crippen molar-refractivity contribution in [1.82, 2.24) is 0 Å². The van der Waals surface area contributed by atoms with Crippen LogP contribution in [0.1, 0.15) is 47.9 Å². The second-order valence-corrected chi connectivity index (χ2v) is 8.24. The van der Waals surface area contributed by atoms with Crippen molar-refractivity contribution in [1.29, 1.82) is 0 Å². The normalized spacial score (nSPS) is 16.1.